The molecule has 2 aliphatic carbocycles. The van der Waals surface area contributed by atoms with Gasteiger partial charge in [0.1, 0.15) is 5.69 Å². The van der Waals surface area contributed by atoms with E-state index in [1.165, 1.54) is 25.7 Å². The lowest BCUT2D eigenvalue weighted by molar-refractivity contribution is 0.0904. The number of hydrogen-bond donors (Lipinski definition) is 1. The molecule has 0 aliphatic heterocycles. The van der Waals surface area contributed by atoms with Gasteiger partial charge < -0.3 is 5.32 Å². The van der Waals surface area contributed by atoms with Crippen molar-refractivity contribution in [2.24, 2.45) is 17.8 Å². The molecular formula is C15H23N3O. The van der Waals surface area contributed by atoms with Crippen molar-refractivity contribution in [3.8, 4) is 0 Å². The maximum absolute atomic E-state index is 12.3. The van der Waals surface area contributed by atoms with Gasteiger partial charge in [0.05, 0.1) is 0 Å². The quantitative estimate of drug-likeness (QED) is 0.905. The van der Waals surface area contributed by atoms with E-state index in [-0.39, 0.29) is 11.9 Å². The molecule has 19 heavy (non-hydrogen) atoms. The number of aromatic nitrogens is 2. The SMILES string of the molecule is CCn1nccc1C(=O)N[C@@H](C)[C@@H]1C[C@@H]2CC[C@@H]1C2. The first-order chi connectivity index (χ1) is 9.19. The number of amides is 1. The molecule has 2 aliphatic rings. The van der Waals surface area contributed by atoms with Crippen LogP contribution in [-0.4, -0.2) is 21.7 Å². The molecule has 0 aromatic carbocycles. The van der Waals surface area contributed by atoms with Gasteiger partial charge in [-0.1, -0.05) is 6.42 Å². The zero-order valence-corrected chi connectivity index (χ0v) is 11.8. The Labute approximate surface area is 114 Å². The Hall–Kier alpha value is -1.32. The number of aryl methyl sites for hydroxylation is 1. The topological polar surface area (TPSA) is 46.9 Å². The van der Waals surface area contributed by atoms with Crippen molar-refractivity contribution in [3.05, 3.63) is 18.0 Å². The van der Waals surface area contributed by atoms with E-state index in [4.69, 9.17) is 0 Å². The van der Waals surface area contributed by atoms with E-state index in [0.29, 0.717) is 11.6 Å². The Morgan fingerprint density at radius 1 is 1.53 bits per heavy atom. The van der Waals surface area contributed by atoms with Crippen molar-refractivity contribution >= 4 is 5.91 Å². The van der Waals surface area contributed by atoms with Gasteiger partial charge in [0.15, 0.2) is 0 Å². The molecule has 2 bridgehead atoms. The van der Waals surface area contributed by atoms with Gasteiger partial charge in [0.2, 0.25) is 0 Å². The number of carbonyl (C=O) groups is 1. The van der Waals surface area contributed by atoms with Crippen molar-refractivity contribution in [2.45, 2.75) is 52.1 Å². The maximum Gasteiger partial charge on any atom is 0.269 e. The summed E-state index contributed by atoms with van der Waals surface area (Å²) in [5.74, 6) is 2.47. The fourth-order valence-corrected chi connectivity index (χ4v) is 4.07. The van der Waals surface area contributed by atoms with Gasteiger partial charge in [-0.05, 0) is 56.9 Å². The third-order valence-corrected chi connectivity index (χ3v) is 5.04. The Kier molecular flexibility index (Phi) is 3.33. The molecular weight excluding hydrogens is 238 g/mol. The number of fused-ring (bicyclic) bond motifs is 2. The van der Waals surface area contributed by atoms with Gasteiger partial charge in [-0.15, -0.1) is 0 Å². The smallest absolute Gasteiger partial charge is 0.269 e. The first-order valence-electron chi connectivity index (χ1n) is 7.51. The molecule has 0 unspecified atom stereocenters. The molecule has 3 rings (SSSR count). The van der Waals surface area contributed by atoms with Crippen LogP contribution in [0.2, 0.25) is 0 Å². The molecule has 4 heteroatoms. The predicted molar refractivity (Wildman–Crippen MR) is 73.8 cm³/mol. The van der Waals surface area contributed by atoms with E-state index in [2.05, 4.69) is 17.3 Å². The second-order valence-electron chi connectivity index (χ2n) is 6.13. The summed E-state index contributed by atoms with van der Waals surface area (Å²) in [6.45, 7) is 4.90. The molecule has 1 N–H and O–H groups in total. The number of rotatable bonds is 4. The second-order valence-corrected chi connectivity index (χ2v) is 6.13. The van der Waals surface area contributed by atoms with E-state index in [0.717, 1.165) is 18.4 Å². The zero-order valence-electron chi connectivity index (χ0n) is 11.8. The van der Waals surface area contributed by atoms with Crippen molar-refractivity contribution < 1.29 is 4.79 Å². The van der Waals surface area contributed by atoms with Crippen LogP contribution in [0.5, 0.6) is 0 Å². The van der Waals surface area contributed by atoms with Gasteiger partial charge in [-0.25, -0.2) is 0 Å². The molecule has 1 heterocycles. The van der Waals surface area contributed by atoms with E-state index < -0.39 is 0 Å². The highest BCUT2D eigenvalue weighted by Crippen LogP contribution is 2.49. The van der Waals surface area contributed by atoms with Gasteiger partial charge in [0.25, 0.3) is 5.91 Å². The highest BCUT2D eigenvalue weighted by Gasteiger charge is 2.42. The summed E-state index contributed by atoms with van der Waals surface area (Å²) < 4.78 is 1.75. The fraction of sp³-hybridized carbons (Fsp3) is 0.733. The van der Waals surface area contributed by atoms with Crippen LogP contribution in [0.25, 0.3) is 0 Å². The number of hydrogen-bond acceptors (Lipinski definition) is 2. The van der Waals surface area contributed by atoms with Crippen LogP contribution in [-0.2, 0) is 6.54 Å². The molecule has 1 amide bonds. The fourth-order valence-electron chi connectivity index (χ4n) is 4.07. The zero-order chi connectivity index (χ0) is 13.4. The molecule has 2 fully saturated rings. The van der Waals surface area contributed by atoms with Gasteiger partial charge in [-0.2, -0.15) is 5.10 Å². The van der Waals surface area contributed by atoms with Crippen LogP contribution >= 0.6 is 0 Å². The van der Waals surface area contributed by atoms with E-state index in [9.17, 15) is 4.79 Å². The van der Waals surface area contributed by atoms with Crippen LogP contribution in [0.4, 0.5) is 0 Å². The highest BCUT2D eigenvalue weighted by molar-refractivity contribution is 5.92. The summed E-state index contributed by atoms with van der Waals surface area (Å²) in [7, 11) is 0. The maximum atomic E-state index is 12.3. The number of carbonyl (C=O) groups excluding carboxylic acids is 1. The Morgan fingerprint density at radius 2 is 2.37 bits per heavy atom. The minimum Gasteiger partial charge on any atom is -0.348 e. The van der Waals surface area contributed by atoms with Crippen LogP contribution in [0.15, 0.2) is 12.3 Å². The minimum absolute atomic E-state index is 0.0228. The van der Waals surface area contributed by atoms with Gasteiger partial charge >= 0.3 is 0 Å². The summed E-state index contributed by atoms with van der Waals surface area (Å²) >= 11 is 0. The van der Waals surface area contributed by atoms with Crippen LogP contribution in [0.1, 0.15) is 50.0 Å². The summed E-state index contributed by atoms with van der Waals surface area (Å²) in [4.78, 5) is 12.3. The van der Waals surface area contributed by atoms with Crippen molar-refractivity contribution in [3.63, 3.8) is 0 Å². The minimum atomic E-state index is 0.0228. The Bertz CT molecular complexity index is 468. The molecule has 1 aromatic rings. The number of nitrogens with zero attached hydrogens (tertiary/aromatic N) is 2. The normalized spacial score (nSPS) is 30.5. The summed E-state index contributed by atoms with van der Waals surface area (Å²) in [6, 6.07) is 2.08. The Morgan fingerprint density at radius 3 is 3.00 bits per heavy atom. The van der Waals surface area contributed by atoms with E-state index >= 15 is 0 Å². The highest BCUT2D eigenvalue weighted by atomic mass is 16.2. The second kappa shape index (κ2) is 4.99. The standard InChI is InChI=1S/C15H23N3O/c1-3-18-14(6-7-16-18)15(19)17-10(2)13-9-11-4-5-12(13)8-11/h6-7,10-13H,3-5,8-9H2,1-2H3,(H,17,19)/t10-,11+,12+,13-/m0/s1. The van der Waals surface area contributed by atoms with E-state index in [1.807, 2.05) is 6.92 Å². The van der Waals surface area contributed by atoms with Crippen molar-refractivity contribution in [1.82, 2.24) is 15.1 Å². The van der Waals surface area contributed by atoms with Crippen molar-refractivity contribution in [2.75, 3.05) is 0 Å². The molecule has 104 valence electrons. The molecule has 1 aromatic heterocycles. The average Bonchev–Trinajstić information content (AvgIpc) is 3.13. The van der Waals surface area contributed by atoms with Crippen LogP contribution in [0.3, 0.4) is 0 Å². The first kappa shape index (κ1) is 12.7. The third-order valence-electron chi connectivity index (χ3n) is 5.04. The molecule has 0 radical (unpaired) electrons. The van der Waals surface area contributed by atoms with Crippen molar-refractivity contribution in [1.29, 1.82) is 0 Å². The predicted octanol–water partition coefficient (Wildman–Crippen LogP) is 2.46. The number of nitrogens with one attached hydrogen (secondary N) is 1. The van der Waals surface area contributed by atoms with Gasteiger partial charge in [0, 0.05) is 18.8 Å². The lowest BCUT2D eigenvalue weighted by atomic mass is 9.84. The summed E-state index contributed by atoms with van der Waals surface area (Å²) in [5, 5.41) is 7.34. The summed E-state index contributed by atoms with van der Waals surface area (Å²) in [5.41, 5.74) is 0.678. The lowest BCUT2D eigenvalue weighted by Crippen LogP contribution is -2.40. The summed E-state index contributed by atoms with van der Waals surface area (Å²) in [6.07, 6.45) is 7.16. The van der Waals surface area contributed by atoms with E-state index in [1.54, 1.807) is 16.9 Å². The third kappa shape index (κ3) is 2.28. The van der Waals surface area contributed by atoms with Crippen LogP contribution < -0.4 is 5.32 Å². The average molecular weight is 261 g/mol. The molecule has 2 saturated carbocycles. The monoisotopic (exact) mass is 261 g/mol. The molecule has 0 saturated heterocycles. The molecule has 0 spiro atoms. The Balaban J connectivity index is 1.63. The lowest BCUT2D eigenvalue weighted by Gasteiger charge is -2.28. The molecule has 4 nitrogen and oxygen atoms in total. The largest absolute Gasteiger partial charge is 0.348 e. The van der Waals surface area contributed by atoms with Crippen LogP contribution in [0, 0.1) is 17.8 Å². The molecule has 4 atom stereocenters. The van der Waals surface area contributed by atoms with Gasteiger partial charge in [-0.3, -0.25) is 9.48 Å². The first-order valence-corrected chi connectivity index (χ1v) is 7.51.